The molecule has 2 aromatic rings. The first-order chi connectivity index (χ1) is 11.0. The molecule has 0 saturated carbocycles. The Balaban J connectivity index is 1.85. The fourth-order valence-corrected chi connectivity index (χ4v) is 2.87. The summed E-state index contributed by atoms with van der Waals surface area (Å²) in [5, 5.41) is 9.81. The van der Waals surface area contributed by atoms with Crippen molar-refractivity contribution in [1.29, 1.82) is 0 Å². The highest BCUT2D eigenvalue weighted by Gasteiger charge is 2.32. The number of carbonyl (C=O) groups excluding carboxylic acids is 1. The summed E-state index contributed by atoms with van der Waals surface area (Å²) in [5.74, 6) is -0.261. The molecular weight excluding hydrogens is 309 g/mol. The van der Waals surface area contributed by atoms with Crippen molar-refractivity contribution < 1.29 is 18.0 Å². The molecule has 3 rings (SSSR count). The second kappa shape index (κ2) is 6.02. The van der Waals surface area contributed by atoms with Crippen LogP contribution in [0, 0.1) is 0 Å². The lowest BCUT2D eigenvalue weighted by Crippen LogP contribution is -2.38. The lowest BCUT2D eigenvalue weighted by molar-refractivity contribution is -0.137. The number of nitrogens with one attached hydrogen (secondary N) is 1. The van der Waals surface area contributed by atoms with Crippen molar-refractivity contribution in [2.75, 3.05) is 6.54 Å². The Kier molecular flexibility index (Phi) is 4.06. The van der Waals surface area contributed by atoms with Gasteiger partial charge < -0.3 is 4.90 Å². The van der Waals surface area contributed by atoms with Crippen LogP contribution in [0.4, 0.5) is 13.2 Å². The van der Waals surface area contributed by atoms with E-state index in [1.54, 1.807) is 4.90 Å². The van der Waals surface area contributed by atoms with Gasteiger partial charge in [-0.15, -0.1) is 0 Å². The number of carbonyl (C=O) groups is 1. The summed E-state index contributed by atoms with van der Waals surface area (Å²) in [6.07, 6.45) is -0.508. The molecule has 1 N–H and O–H groups in total. The lowest BCUT2D eigenvalue weighted by Gasteiger charge is -2.35. The monoisotopic (exact) mass is 324 g/mol. The Morgan fingerprint density at radius 3 is 2.57 bits per heavy atom. The number of nitrogens with zero attached hydrogens (tertiary/aromatic N) is 3. The molecular formula is C15H15F3N4O. The van der Waals surface area contributed by atoms with Gasteiger partial charge in [0.05, 0.1) is 17.8 Å². The van der Waals surface area contributed by atoms with Gasteiger partial charge in [0.2, 0.25) is 0 Å². The van der Waals surface area contributed by atoms with Gasteiger partial charge in [-0.3, -0.25) is 4.79 Å². The van der Waals surface area contributed by atoms with Crippen LogP contribution >= 0.6 is 0 Å². The number of benzene rings is 1. The molecule has 1 aliphatic heterocycles. The van der Waals surface area contributed by atoms with E-state index in [4.69, 9.17) is 0 Å². The van der Waals surface area contributed by atoms with Gasteiger partial charge in [-0.05, 0) is 37.0 Å². The smallest absolute Gasteiger partial charge is 0.330 e. The van der Waals surface area contributed by atoms with Gasteiger partial charge in [0.15, 0.2) is 5.69 Å². The number of likely N-dealkylation sites (tertiary alicyclic amines) is 1. The quantitative estimate of drug-likeness (QED) is 0.923. The molecule has 1 aromatic carbocycles. The van der Waals surface area contributed by atoms with E-state index in [0.717, 1.165) is 31.4 Å². The van der Waals surface area contributed by atoms with E-state index in [2.05, 4.69) is 15.4 Å². The zero-order chi connectivity index (χ0) is 16.4. The summed E-state index contributed by atoms with van der Waals surface area (Å²) in [6.45, 7) is 0.553. The van der Waals surface area contributed by atoms with Crippen molar-refractivity contribution >= 4 is 5.91 Å². The molecule has 1 aliphatic rings. The molecule has 2 heterocycles. The zero-order valence-corrected chi connectivity index (χ0v) is 12.2. The predicted octanol–water partition coefficient (Wildman–Crippen LogP) is 3.19. The van der Waals surface area contributed by atoms with Crippen molar-refractivity contribution in [2.24, 2.45) is 0 Å². The highest BCUT2D eigenvalue weighted by molar-refractivity contribution is 5.92. The number of aromatic amines is 1. The molecule has 1 saturated heterocycles. The van der Waals surface area contributed by atoms with Gasteiger partial charge in [0.1, 0.15) is 0 Å². The standard InChI is InChI=1S/C15H15F3N4O/c16-15(17,18)11-6-4-10(5-7-11)13-3-1-2-8-22(13)14(23)12-9-19-21-20-12/h4-7,9,13H,1-3,8H2,(H,19,20,21)/t13-/m1/s1. The first kappa shape index (κ1) is 15.5. The highest BCUT2D eigenvalue weighted by atomic mass is 19.4. The Hall–Kier alpha value is -2.38. The molecule has 122 valence electrons. The number of H-pyrrole nitrogens is 1. The molecule has 0 radical (unpaired) electrons. The zero-order valence-electron chi connectivity index (χ0n) is 12.2. The van der Waals surface area contributed by atoms with Crippen LogP contribution < -0.4 is 0 Å². The van der Waals surface area contributed by atoms with Crippen LogP contribution in [-0.4, -0.2) is 32.8 Å². The van der Waals surface area contributed by atoms with E-state index in [0.29, 0.717) is 12.1 Å². The third-order valence-corrected chi connectivity index (χ3v) is 4.02. The maximum absolute atomic E-state index is 12.7. The van der Waals surface area contributed by atoms with Crippen molar-refractivity contribution in [3.8, 4) is 0 Å². The van der Waals surface area contributed by atoms with E-state index in [-0.39, 0.29) is 17.6 Å². The van der Waals surface area contributed by atoms with Crippen molar-refractivity contribution in [3.05, 3.63) is 47.3 Å². The van der Waals surface area contributed by atoms with Crippen LogP contribution in [0.5, 0.6) is 0 Å². The molecule has 0 unspecified atom stereocenters. The summed E-state index contributed by atoms with van der Waals surface area (Å²) >= 11 is 0. The molecule has 8 heteroatoms. The van der Waals surface area contributed by atoms with E-state index in [9.17, 15) is 18.0 Å². The molecule has 1 atom stereocenters. The topological polar surface area (TPSA) is 61.9 Å². The maximum Gasteiger partial charge on any atom is 0.416 e. The van der Waals surface area contributed by atoms with Gasteiger partial charge in [0, 0.05) is 6.54 Å². The van der Waals surface area contributed by atoms with E-state index in [1.165, 1.54) is 18.3 Å². The second-order valence-corrected chi connectivity index (χ2v) is 5.49. The normalized spacial score (nSPS) is 18.9. The van der Waals surface area contributed by atoms with E-state index in [1.807, 2.05) is 0 Å². The largest absolute Gasteiger partial charge is 0.416 e. The summed E-state index contributed by atoms with van der Waals surface area (Å²) in [6, 6.07) is 4.77. The molecule has 5 nitrogen and oxygen atoms in total. The number of rotatable bonds is 2. The van der Waals surface area contributed by atoms with Crippen LogP contribution in [0.3, 0.4) is 0 Å². The second-order valence-electron chi connectivity index (χ2n) is 5.49. The van der Waals surface area contributed by atoms with Crippen LogP contribution in [0.1, 0.15) is 46.9 Å². The first-order valence-electron chi connectivity index (χ1n) is 7.31. The Labute approximate surface area is 130 Å². The average molecular weight is 324 g/mol. The SMILES string of the molecule is O=C(c1cn[nH]n1)N1CCCC[C@@H]1c1ccc(C(F)(F)F)cc1. The maximum atomic E-state index is 12.7. The Morgan fingerprint density at radius 1 is 1.22 bits per heavy atom. The number of aromatic nitrogens is 3. The summed E-state index contributed by atoms with van der Waals surface area (Å²) in [4.78, 5) is 14.2. The Morgan fingerprint density at radius 2 is 1.96 bits per heavy atom. The van der Waals surface area contributed by atoms with E-state index < -0.39 is 11.7 Å². The summed E-state index contributed by atoms with van der Waals surface area (Å²) < 4.78 is 38.0. The van der Waals surface area contributed by atoms with Gasteiger partial charge in [-0.2, -0.15) is 28.6 Å². The molecule has 0 spiro atoms. The molecule has 23 heavy (non-hydrogen) atoms. The fourth-order valence-electron chi connectivity index (χ4n) is 2.87. The van der Waals surface area contributed by atoms with Crippen LogP contribution in [0.25, 0.3) is 0 Å². The third kappa shape index (κ3) is 3.20. The van der Waals surface area contributed by atoms with Crippen molar-refractivity contribution in [3.63, 3.8) is 0 Å². The van der Waals surface area contributed by atoms with Gasteiger partial charge in [-0.1, -0.05) is 12.1 Å². The minimum atomic E-state index is -4.36. The number of piperidine rings is 1. The van der Waals surface area contributed by atoms with Gasteiger partial charge >= 0.3 is 6.18 Å². The molecule has 1 fully saturated rings. The molecule has 1 aromatic heterocycles. The van der Waals surface area contributed by atoms with Crippen molar-refractivity contribution in [2.45, 2.75) is 31.5 Å². The van der Waals surface area contributed by atoms with Crippen molar-refractivity contribution in [1.82, 2.24) is 20.3 Å². The minimum absolute atomic E-state index is 0.212. The predicted molar refractivity (Wildman–Crippen MR) is 75.5 cm³/mol. The van der Waals surface area contributed by atoms with Crippen LogP contribution in [0.2, 0.25) is 0 Å². The van der Waals surface area contributed by atoms with Gasteiger partial charge in [-0.25, -0.2) is 0 Å². The minimum Gasteiger partial charge on any atom is -0.330 e. The number of alkyl halides is 3. The molecule has 0 aliphatic carbocycles. The lowest BCUT2D eigenvalue weighted by atomic mass is 9.94. The average Bonchev–Trinajstić information content (AvgIpc) is 3.08. The number of hydrogen-bond donors (Lipinski definition) is 1. The van der Waals surface area contributed by atoms with Crippen LogP contribution in [-0.2, 0) is 6.18 Å². The first-order valence-corrected chi connectivity index (χ1v) is 7.31. The summed E-state index contributed by atoms with van der Waals surface area (Å²) in [7, 11) is 0. The third-order valence-electron chi connectivity index (χ3n) is 4.02. The highest BCUT2D eigenvalue weighted by Crippen LogP contribution is 2.34. The number of halogens is 3. The number of amides is 1. The fraction of sp³-hybridized carbons (Fsp3) is 0.400. The summed E-state index contributed by atoms with van der Waals surface area (Å²) in [5.41, 5.74) is 0.227. The molecule has 1 amide bonds. The van der Waals surface area contributed by atoms with Gasteiger partial charge in [0.25, 0.3) is 5.91 Å². The van der Waals surface area contributed by atoms with Crippen LogP contribution in [0.15, 0.2) is 30.5 Å². The Bertz CT molecular complexity index is 667. The molecule has 0 bridgehead atoms. The van der Waals surface area contributed by atoms with E-state index >= 15 is 0 Å². The number of hydrogen-bond acceptors (Lipinski definition) is 3.